The lowest BCUT2D eigenvalue weighted by molar-refractivity contribution is 0.949. The minimum atomic E-state index is 0.268. The number of benzene rings is 1. The number of nitrogens with zero attached hydrogens (tertiary/aromatic N) is 3. The highest BCUT2D eigenvalue weighted by atomic mass is 32.1. The fraction of sp³-hybridized carbons (Fsp3) is 0.267. The van der Waals surface area contributed by atoms with E-state index >= 15 is 0 Å². The van der Waals surface area contributed by atoms with Crippen LogP contribution in [0.25, 0.3) is 0 Å². The van der Waals surface area contributed by atoms with Crippen molar-refractivity contribution in [1.82, 2.24) is 9.97 Å². The molecule has 1 fully saturated rings. The Hall–Kier alpha value is -2.21. The van der Waals surface area contributed by atoms with Gasteiger partial charge in [-0.2, -0.15) is 0 Å². The van der Waals surface area contributed by atoms with Gasteiger partial charge in [0, 0.05) is 30.7 Å². The minimum Gasteiger partial charge on any atom is -0.388 e. The van der Waals surface area contributed by atoms with Gasteiger partial charge in [0.05, 0.1) is 0 Å². The fourth-order valence-corrected chi connectivity index (χ4v) is 2.53. The van der Waals surface area contributed by atoms with Gasteiger partial charge in [-0.05, 0) is 43.2 Å². The molecule has 1 aromatic heterocycles. The van der Waals surface area contributed by atoms with Gasteiger partial charge in [-0.25, -0.2) is 9.97 Å². The quantitative estimate of drug-likeness (QED) is 0.845. The summed E-state index contributed by atoms with van der Waals surface area (Å²) < 4.78 is 0. The van der Waals surface area contributed by atoms with E-state index in [0.29, 0.717) is 11.6 Å². The van der Waals surface area contributed by atoms with Crippen molar-refractivity contribution in [2.75, 3.05) is 23.3 Å². The topological polar surface area (TPSA) is 67.1 Å². The summed E-state index contributed by atoms with van der Waals surface area (Å²) in [6.07, 6.45) is 4.20. The van der Waals surface area contributed by atoms with Crippen LogP contribution < -0.4 is 16.0 Å². The van der Waals surface area contributed by atoms with E-state index in [2.05, 4.69) is 32.3 Å². The van der Waals surface area contributed by atoms with Crippen LogP contribution in [0.1, 0.15) is 18.5 Å². The van der Waals surface area contributed by atoms with Crippen LogP contribution in [0.3, 0.4) is 0 Å². The zero-order chi connectivity index (χ0) is 14.7. The molecule has 0 spiro atoms. The Bertz CT molecular complexity index is 635. The van der Waals surface area contributed by atoms with Gasteiger partial charge < -0.3 is 16.0 Å². The van der Waals surface area contributed by atoms with Crippen molar-refractivity contribution < 1.29 is 0 Å². The molecule has 0 atom stereocenters. The van der Waals surface area contributed by atoms with E-state index in [-0.39, 0.29) is 4.99 Å². The minimum absolute atomic E-state index is 0.268. The number of anilines is 3. The van der Waals surface area contributed by atoms with Crippen LogP contribution in [-0.2, 0) is 0 Å². The first-order chi connectivity index (χ1) is 10.2. The zero-order valence-electron chi connectivity index (χ0n) is 11.6. The number of aromatic nitrogens is 2. The summed E-state index contributed by atoms with van der Waals surface area (Å²) in [5, 5.41) is 3.16. The predicted octanol–water partition coefficient (Wildman–Crippen LogP) is 2.45. The van der Waals surface area contributed by atoms with E-state index in [1.807, 2.05) is 12.1 Å². The standard InChI is InChI=1S/C15H17N5S/c16-14(21)13-7-8-17-15(19-13)18-11-3-5-12(6-4-11)20-9-1-2-10-20/h3-8H,1-2,9-10H2,(H2,16,21)(H,17,18,19). The molecule has 3 rings (SSSR count). The molecule has 1 aliphatic heterocycles. The molecular weight excluding hydrogens is 282 g/mol. The molecule has 1 aliphatic rings. The van der Waals surface area contributed by atoms with Crippen molar-refractivity contribution in [2.45, 2.75) is 12.8 Å². The molecule has 2 heterocycles. The smallest absolute Gasteiger partial charge is 0.227 e. The van der Waals surface area contributed by atoms with E-state index in [1.165, 1.54) is 18.5 Å². The molecular formula is C15H17N5S. The van der Waals surface area contributed by atoms with Crippen LogP contribution in [0.15, 0.2) is 36.5 Å². The second-order valence-corrected chi connectivity index (χ2v) is 5.44. The number of hydrogen-bond acceptors (Lipinski definition) is 5. The summed E-state index contributed by atoms with van der Waals surface area (Å²) in [6, 6.07) is 10.00. The summed E-state index contributed by atoms with van der Waals surface area (Å²) in [6.45, 7) is 2.29. The number of rotatable bonds is 4. The molecule has 108 valence electrons. The third-order valence-corrected chi connectivity index (χ3v) is 3.71. The number of nitrogens with one attached hydrogen (secondary N) is 1. The van der Waals surface area contributed by atoms with Crippen molar-refractivity contribution in [2.24, 2.45) is 5.73 Å². The average molecular weight is 299 g/mol. The number of nitrogens with two attached hydrogens (primary N) is 1. The Morgan fingerprint density at radius 2 is 1.86 bits per heavy atom. The first-order valence-electron chi connectivity index (χ1n) is 6.97. The molecule has 2 aromatic rings. The van der Waals surface area contributed by atoms with E-state index in [1.54, 1.807) is 12.3 Å². The lowest BCUT2D eigenvalue weighted by atomic mass is 10.2. The van der Waals surface area contributed by atoms with Crippen molar-refractivity contribution >= 4 is 34.5 Å². The average Bonchev–Trinajstić information content (AvgIpc) is 3.02. The van der Waals surface area contributed by atoms with E-state index in [0.717, 1.165) is 18.8 Å². The molecule has 21 heavy (non-hydrogen) atoms. The number of thiocarbonyl (C=S) groups is 1. The zero-order valence-corrected chi connectivity index (χ0v) is 12.4. The summed E-state index contributed by atoms with van der Waals surface area (Å²) in [4.78, 5) is 11.1. The highest BCUT2D eigenvalue weighted by molar-refractivity contribution is 7.80. The van der Waals surface area contributed by atoms with E-state index in [9.17, 15) is 0 Å². The third-order valence-electron chi connectivity index (χ3n) is 3.50. The molecule has 1 saturated heterocycles. The second kappa shape index (κ2) is 6.05. The highest BCUT2D eigenvalue weighted by Gasteiger charge is 2.11. The summed E-state index contributed by atoms with van der Waals surface area (Å²) in [5.41, 5.74) is 8.34. The Morgan fingerprint density at radius 1 is 1.14 bits per heavy atom. The number of hydrogen-bond donors (Lipinski definition) is 2. The van der Waals surface area contributed by atoms with Crippen LogP contribution in [0, 0.1) is 0 Å². The van der Waals surface area contributed by atoms with Gasteiger partial charge in [-0.3, -0.25) is 0 Å². The lowest BCUT2D eigenvalue weighted by Crippen LogP contribution is -2.17. The molecule has 5 nitrogen and oxygen atoms in total. The monoisotopic (exact) mass is 299 g/mol. The molecule has 1 aromatic carbocycles. The molecule has 6 heteroatoms. The van der Waals surface area contributed by atoms with Crippen LogP contribution in [0.2, 0.25) is 0 Å². The van der Waals surface area contributed by atoms with Crippen LogP contribution in [0.5, 0.6) is 0 Å². The van der Waals surface area contributed by atoms with Crippen molar-refractivity contribution in [1.29, 1.82) is 0 Å². The van der Waals surface area contributed by atoms with Crippen molar-refractivity contribution in [3.8, 4) is 0 Å². The Morgan fingerprint density at radius 3 is 2.52 bits per heavy atom. The van der Waals surface area contributed by atoms with Crippen LogP contribution in [0.4, 0.5) is 17.3 Å². The van der Waals surface area contributed by atoms with Gasteiger partial charge in [0.1, 0.15) is 10.7 Å². The maximum atomic E-state index is 5.57. The van der Waals surface area contributed by atoms with Gasteiger partial charge in [-0.15, -0.1) is 0 Å². The van der Waals surface area contributed by atoms with Gasteiger partial charge >= 0.3 is 0 Å². The van der Waals surface area contributed by atoms with Crippen LogP contribution in [-0.4, -0.2) is 28.0 Å². The highest BCUT2D eigenvalue weighted by Crippen LogP contribution is 2.23. The van der Waals surface area contributed by atoms with Gasteiger partial charge in [0.2, 0.25) is 5.95 Å². The molecule has 0 bridgehead atoms. The molecule has 0 unspecified atom stereocenters. The van der Waals surface area contributed by atoms with E-state index in [4.69, 9.17) is 18.0 Å². The van der Waals surface area contributed by atoms with E-state index < -0.39 is 0 Å². The first-order valence-corrected chi connectivity index (χ1v) is 7.38. The second-order valence-electron chi connectivity index (χ2n) is 5.00. The van der Waals surface area contributed by atoms with Crippen molar-refractivity contribution in [3.05, 3.63) is 42.2 Å². The summed E-state index contributed by atoms with van der Waals surface area (Å²) in [7, 11) is 0. The summed E-state index contributed by atoms with van der Waals surface area (Å²) in [5.74, 6) is 0.495. The van der Waals surface area contributed by atoms with Crippen LogP contribution >= 0.6 is 12.2 Å². The maximum absolute atomic E-state index is 5.57. The fourth-order valence-electron chi connectivity index (χ4n) is 2.42. The van der Waals surface area contributed by atoms with Gasteiger partial charge in [0.25, 0.3) is 0 Å². The molecule has 0 radical (unpaired) electrons. The molecule has 0 aliphatic carbocycles. The Labute approximate surface area is 129 Å². The Balaban J connectivity index is 1.72. The SMILES string of the molecule is NC(=S)c1ccnc(Nc2ccc(N3CCCC3)cc2)n1. The third kappa shape index (κ3) is 3.28. The molecule has 3 N–H and O–H groups in total. The molecule has 0 saturated carbocycles. The maximum Gasteiger partial charge on any atom is 0.227 e. The van der Waals surface area contributed by atoms with Crippen molar-refractivity contribution in [3.63, 3.8) is 0 Å². The Kier molecular flexibility index (Phi) is 3.96. The van der Waals surface area contributed by atoms with Gasteiger partial charge in [0.15, 0.2) is 0 Å². The molecule has 0 amide bonds. The predicted molar refractivity (Wildman–Crippen MR) is 89.1 cm³/mol. The lowest BCUT2D eigenvalue weighted by Gasteiger charge is -2.17. The first kappa shape index (κ1) is 13.8. The summed E-state index contributed by atoms with van der Waals surface area (Å²) >= 11 is 4.92. The van der Waals surface area contributed by atoms with Gasteiger partial charge in [-0.1, -0.05) is 12.2 Å². The normalized spacial score (nSPS) is 14.2. The largest absolute Gasteiger partial charge is 0.388 e.